The Bertz CT molecular complexity index is 1240. The number of halogens is 1. The van der Waals surface area contributed by atoms with E-state index in [0.717, 1.165) is 16.8 Å². The second-order valence-electron chi connectivity index (χ2n) is 6.30. The average molecular weight is 427 g/mol. The van der Waals surface area contributed by atoms with E-state index in [1.54, 1.807) is 18.2 Å². The third kappa shape index (κ3) is 4.69. The van der Waals surface area contributed by atoms with Crippen molar-refractivity contribution in [2.45, 2.75) is 0 Å². The molecule has 0 unspecified atom stereocenters. The molecule has 4 nitrogen and oxygen atoms in total. The van der Waals surface area contributed by atoms with Gasteiger partial charge in [0.05, 0.1) is 11.3 Å². The average Bonchev–Trinajstić information content (AvgIpc) is 3.22. The number of rotatable bonds is 5. The molecule has 30 heavy (non-hydrogen) atoms. The molecular weight excluding hydrogens is 412 g/mol. The van der Waals surface area contributed by atoms with Gasteiger partial charge in [-0.3, -0.25) is 0 Å². The van der Waals surface area contributed by atoms with Crippen molar-refractivity contribution in [3.05, 3.63) is 101 Å². The van der Waals surface area contributed by atoms with Crippen LogP contribution in [-0.2, 0) is 0 Å². The number of benzene rings is 3. The number of azo groups is 1. The Kier molecular flexibility index (Phi) is 6.09. The molecule has 0 atom stereocenters. The standard InChI is InChI=1S/C24H15ClN4S/c25-20-13-11-17(12-14-20)15-19(16-26)23-27-22(18-7-3-1-4-8-18)24(30-23)29-28-21-9-5-2-6-10-21/h1-15H/b19-15+,29-28?. The lowest BCUT2D eigenvalue weighted by Gasteiger charge is -1.97. The van der Waals surface area contributed by atoms with Crippen LogP contribution in [0.3, 0.4) is 0 Å². The molecule has 0 saturated heterocycles. The minimum atomic E-state index is 0.459. The molecule has 0 amide bonds. The summed E-state index contributed by atoms with van der Waals surface area (Å²) in [5, 5.41) is 20.4. The number of nitriles is 1. The summed E-state index contributed by atoms with van der Waals surface area (Å²) in [6.07, 6.45) is 1.79. The Labute approximate surface area is 183 Å². The summed E-state index contributed by atoms with van der Waals surface area (Å²) in [5.74, 6) is 0. The highest BCUT2D eigenvalue weighted by molar-refractivity contribution is 7.17. The van der Waals surface area contributed by atoms with Crippen molar-refractivity contribution in [2.75, 3.05) is 0 Å². The van der Waals surface area contributed by atoms with Gasteiger partial charge in [-0.15, -0.1) is 10.2 Å². The maximum Gasteiger partial charge on any atom is 0.167 e. The van der Waals surface area contributed by atoms with E-state index in [1.807, 2.05) is 72.8 Å². The van der Waals surface area contributed by atoms with Crippen molar-refractivity contribution in [3.63, 3.8) is 0 Å². The Hall–Kier alpha value is -3.59. The fourth-order valence-corrected chi connectivity index (χ4v) is 3.75. The molecule has 0 aliphatic heterocycles. The maximum atomic E-state index is 9.74. The van der Waals surface area contributed by atoms with Crippen molar-refractivity contribution < 1.29 is 0 Å². The molecule has 1 aromatic heterocycles. The summed E-state index contributed by atoms with van der Waals surface area (Å²) < 4.78 is 0. The molecule has 1 heterocycles. The lowest BCUT2D eigenvalue weighted by molar-refractivity contribution is 1.24. The van der Waals surface area contributed by atoms with Crippen LogP contribution in [0.1, 0.15) is 10.6 Å². The molecule has 0 saturated carbocycles. The molecule has 3 aromatic carbocycles. The largest absolute Gasteiger partial charge is 0.233 e. The Balaban J connectivity index is 1.77. The first-order valence-corrected chi connectivity index (χ1v) is 10.3. The SMILES string of the molecule is N#C/C(=C\c1ccc(Cl)cc1)c1nc(-c2ccccc2)c(N=Nc2ccccc2)s1. The van der Waals surface area contributed by atoms with Crippen LogP contribution in [0.5, 0.6) is 0 Å². The summed E-state index contributed by atoms with van der Waals surface area (Å²) in [5.41, 5.74) is 3.71. The van der Waals surface area contributed by atoms with Crippen LogP contribution in [0.25, 0.3) is 22.9 Å². The molecule has 0 radical (unpaired) electrons. The van der Waals surface area contributed by atoms with Crippen LogP contribution >= 0.6 is 22.9 Å². The van der Waals surface area contributed by atoms with Crippen molar-refractivity contribution in [1.29, 1.82) is 5.26 Å². The predicted octanol–water partition coefficient (Wildman–Crippen LogP) is 7.94. The Morgan fingerprint density at radius 1 is 0.900 bits per heavy atom. The lowest BCUT2D eigenvalue weighted by Crippen LogP contribution is -1.83. The van der Waals surface area contributed by atoms with E-state index >= 15 is 0 Å². The highest BCUT2D eigenvalue weighted by atomic mass is 35.5. The fourth-order valence-electron chi connectivity index (χ4n) is 2.74. The van der Waals surface area contributed by atoms with Crippen LogP contribution < -0.4 is 0 Å². The highest BCUT2D eigenvalue weighted by Gasteiger charge is 2.16. The first kappa shape index (κ1) is 19.7. The number of allylic oxidation sites excluding steroid dienone is 1. The normalized spacial score (nSPS) is 11.5. The molecule has 0 spiro atoms. The molecule has 4 aromatic rings. The fraction of sp³-hybridized carbons (Fsp3) is 0. The van der Waals surface area contributed by atoms with Crippen LogP contribution in [0.15, 0.2) is 95.2 Å². The summed E-state index contributed by atoms with van der Waals surface area (Å²) >= 11 is 7.30. The Morgan fingerprint density at radius 2 is 1.57 bits per heavy atom. The van der Waals surface area contributed by atoms with Gasteiger partial charge in [-0.2, -0.15) is 5.26 Å². The number of hydrogen-bond acceptors (Lipinski definition) is 5. The van der Waals surface area contributed by atoms with Gasteiger partial charge in [0.15, 0.2) is 5.00 Å². The van der Waals surface area contributed by atoms with E-state index < -0.39 is 0 Å². The van der Waals surface area contributed by atoms with Crippen LogP contribution in [0.2, 0.25) is 5.02 Å². The number of hydrogen-bond donors (Lipinski definition) is 0. The zero-order valence-corrected chi connectivity index (χ0v) is 17.3. The molecule has 0 fully saturated rings. The minimum absolute atomic E-state index is 0.459. The van der Waals surface area contributed by atoms with Gasteiger partial charge in [-0.1, -0.05) is 83.6 Å². The second kappa shape index (κ2) is 9.27. The van der Waals surface area contributed by atoms with E-state index in [0.29, 0.717) is 26.3 Å². The van der Waals surface area contributed by atoms with Crippen LogP contribution in [0.4, 0.5) is 10.7 Å². The second-order valence-corrected chi connectivity index (χ2v) is 7.71. The van der Waals surface area contributed by atoms with E-state index in [4.69, 9.17) is 16.6 Å². The molecule has 0 aliphatic carbocycles. The van der Waals surface area contributed by atoms with E-state index in [-0.39, 0.29) is 0 Å². The van der Waals surface area contributed by atoms with Gasteiger partial charge in [0.1, 0.15) is 16.8 Å². The first-order chi connectivity index (χ1) is 14.7. The molecule has 0 N–H and O–H groups in total. The smallest absolute Gasteiger partial charge is 0.167 e. The predicted molar refractivity (Wildman–Crippen MR) is 123 cm³/mol. The number of thiazole rings is 1. The molecule has 6 heteroatoms. The van der Waals surface area contributed by atoms with Crippen LogP contribution in [-0.4, -0.2) is 4.98 Å². The molecule has 0 bridgehead atoms. The van der Waals surface area contributed by atoms with E-state index in [2.05, 4.69) is 16.3 Å². The first-order valence-electron chi connectivity index (χ1n) is 9.14. The van der Waals surface area contributed by atoms with Crippen molar-refractivity contribution in [3.8, 4) is 17.3 Å². The number of aromatic nitrogens is 1. The maximum absolute atomic E-state index is 9.74. The summed E-state index contributed by atoms with van der Waals surface area (Å²) in [6, 6.07) is 28.8. The van der Waals surface area contributed by atoms with E-state index in [9.17, 15) is 5.26 Å². The quantitative estimate of drug-likeness (QED) is 0.240. The van der Waals surface area contributed by atoms with Gasteiger partial charge in [0.2, 0.25) is 0 Å². The molecule has 144 valence electrons. The van der Waals surface area contributed by atoms with Gasteiger partial charge in [0.25, 0.3) is 0 Å². The topological polar surface area (TPSA) is 61.4 Å². The van der Waals surface area contributed by atoms with Gasteiger partial charge in [-0.05, 0) is 35.9 Å². The van der Waals surface area contributed by atoms with E-state index in [1.165, 1.54) is 11.3 Å². The van der Waals surface area contributed by atoms with Crippen LogP contribution in [0, 0.1) is 11.3 Å². The highest BCUT2D eigenvalue weighted by Crippen LogP contribution is 2.39. The van der Waals surface area contributed by atoms with Gasteiger partial charge < -0.3 is 0 Å². The summed E-state index contributed by atoms with van der Waals surface area (Å²) in [7, 11) is 0. The molecular formula is C24H15ClN4S. The van der Waals surface area contributed by atoms with Crippen molar-refractivity contribution >= 4 is 45.3 Å². The van der Waals surface area contributed by atoms with Crippen molar-refractivity contribution in [2.24, 2.45) is 10.2 Å². The lowest BCUT2D eigenvalue weighted by atomic mass is 10.1. The zero-order chi connectivity index (χ0) is 20.8. The summed E-state index contributed by atoms with van der Waals surface area (Å²) in [4.78, 5) is 4.73. The van der Waals surface area contributed by atoms with Gasteiger partial charge in [-0.25, -0.2) is 4.98 Å². The zero-order valence-electron chi connectivity index (χ0n) is 15.7. The molecule has 4 rings (SSSR count). The summed E-state index contributed by atoms with van der Waals surface area (Å²) in [6.45, 7) is 0. The Morgan fingerprint density at radius 3 is 2.23 bits per heavy atom. The molecule has 0 aliphatic rings. The third-order valence-electron chi connectivity index (χ3n) is 4.20. The van der Waals surface area contributed by atoms with Gasteiger partial charge in [0, 0.05) is 10.6 Å². The minimum Gasteiger partial charge on any atom is -0.233 e. The van der Waals surface area contributed by atoms with Crippen molar-refractivity contribution in [1.82, 2.24) is 4.98 Å². The number of nitrogens with zero attached hydrogens (tertiary/aromatic N) is 4. The third-order valence-corrected chi connectivity index (χ3v) is 5.43. The monoisotopic (exact) mass is 426 g/mol. The van der Waals surface area contributed by atoms with Gasteiger partial charge >= 0.3 is 0 Å².